The molecule has 0 spiro atoms. The lowest BCUT2D eigenvalue weighted by Gasteiger charge is -2.09. The van der Waals surface area contributed by atoms with Gasteiger partial charge in [0.15, 0.2) is 23.0 Å². The van der Waals surface area contributed by atoms with Crippen LogP contribution in [-0.2, 0) is 0 Å². The first kappa shape index (κ1) is 15.9. The van der Waals surface area contributed by atoms with Gasteiger partial charge in [0.25, 0.3) is 0 Å². The van der Waals surface area contributed by atoms with Crippen molar-refractivity contribution in [2.24, 2.45) is 0 Å². The molecular formula is C19H16N4O3. The molecule has 0 saturated carbocycles. The maximum absolute atomic E-state index is 11.3. The average Bonchev–Trinajstić information content (AvgIpc) is 3.11. The van der Waals surface area contributed by atoms with E-state index in [4.69, 9.17) is 9.47 Å². The first-order valence-corrected chi connectivity index (χ1v) is 7.96. The summed E-state index contributed by atoms with van der Waals surface area (Å²) in [5.74, 6) is 1.96. The molecule has 130 valence electrons. The fraction of sp³-hybridized carbons (Fsp3) is 0.105. The Labute approximate surface area is 148 Å². The van der Waals surface area contributed by atoms with Gasteiger partial charge in [0.1, 0.15) is 0 Å². The molecule has 7 nitrogen and oxygen atoms in total. The number of hydrogen-bond donors (Lipinski definition) is 1. The van der Waals surface area contributed by atoms with Crippen LogP contribution in [0.4, 0.5) is 0 Å². The molecule has 0 bridgehead atoms. The van der Waals surface area contributed by atoms with Gasteiger partial charge in [0, 0.05) is 24.0 Å². The second kappa shape index (κ2) is 6.36. The normalized spacial score (nSPS) is 10.8. The number of nitrogens with one attached hydrogen (secondary N) is 1. The average molecular weight is 348 g/mol. The molecule has 0 aliphatic rings. The highest BCUT2D eigenvalue weighted by molar-refractivity contribution is 5.68. The molecule has 0 fully saturated rings. The monoisotopic (exact) mass is 348 g/mol. The summed E-state index contributed by atoms with van der Waals surface area (Å²) in [7, 11) is 3.19. The molecule has 1 N–H and O–H groups in total. The Morgan fingerprint density at radius 2 is 1.65 bits per heavy atom. The lowest BCUT2D eigenvalue weighted by molar-refractivity contribution is 0.355. The fourth-order valence-electron chi connectivity index (χ4n) is 2.82. The van der Waals surface area contributed by atoms with Crippen molar-refractivity contribution in [2.75, 3.05) is 14.2 Å². The Balaban J connectivity index is 1.85. The smallest absolute Gasteiger partial charge is 0.247 e. The summed E-state index contributed by atoms with van der Waals surface area (Å²) in [5, 5.41) is 8.53. The van der Waals surface area contributed by atoms with Crippen LogP contribution in [0.25, 0.3) is 28.2 Å². The Morgan fingerprint density at radius 1 is 0.885 bits per heavy atom. The number of fused-ring (bicyclic) bond motifs is 1. The van der Waals surface area contributed by atoms with Crippen LogP contribution in [-0.4, -0.2) is 33.8 Å². The molecule has 0 amide bonds. The van der Waals surface area contributed by atoms with E-state index in [1.165, 1.54) is 6.07 Å². The van der Waals surface area contributed by atoms with Crippen LogP contribution in [0.1, 0.15) is 0 Å². The predicted octanol–water partition coefficient (Wildman–Crippen LogP) is 2.77. The zero-order chi connectivity index (χ0) is 18.1. The summed E-state index contributed by atoms with van der Waals surface area (Å²) < 4.78 is 12.6. The number of benzene rings is 1. The number of nitrogens with zero attached hydrogens (tertiary/aromatic N) is 3. The van der Waals surface area contributed by atoms with Crippen molar-refractivity contribution in [1.82, 2.24) is 19.6 Å². The predicted molar refractivity (Wildman–Crippen MR) is 97.6 cm³/mol. The minimum atomic E-state index is -0.134. The summed E-state index contributed by atoms with van der Waals surface area (Å²) in [6, 6.07) is 12.7. The number of aromatic amines is 1. The third-order valence-electron chi connectivity index (χ3n) is 4.16. The van der Waals surface area contributed by atoms with E-state index in [2.05, 4.69) is 15.2 Å². The van der Waals surface area contributed by atoms with Crippen molar-refractivity contribution in [2.45, 2.75) is 0 Å². The van der Waals surface area contributed by atoms with Crippen LogP contribution in [0.15, 0.2) is 59.7 Å². The molecule has 0 unspecified atom stereocenters. The number of methoxy groups -OCH3 is 2. The third-order valence-corrected chi connectivity index (χ3v) is 4.16. The Bertz CT molecular complexity index is 1130. The van der Waals surface area contributed by atoms with Gasteiger partial charge in [-0.25, -0.2) is 0 Å². The van der Waals surface area contributed by atoms with E-state index in [1.54, 1.807) is 26.5 Å². The maximum Gasteiger partial charge on any atom is 0.247 e. The number of ether oxygens (including phenoxy) is 2. The molecular weight excluding hydrogens is 332 g/mol. The molecule has 0 aliphatic carbocycles. The molecule has 1 aromatic carbocycles. The van der Waals surface area contributed by atoms with E-state index in [1.807, 2.05) is 40.9 Å². The minimum absolute atomic E-state index is 0.134. The molecule has 0 saturated heterocycles. The minimum Gasteiger partial charge on any atom is -0.493 e. The zero-order valence-electron chi connectivity index (χ0n) is 14.3. The third kappa shape index (κ3) is 2.69. The highest BCUT2D eigenvalue weighted by Gasteiger charge is 2.12. The summed E-state index contributed by atoms with van der Waals surface area (Å²) in [5.41, 5.74) is 3.29. The van der Waals surface area contributed by atoms with Crippen molar-refractivity contribution in [3.63, 3.8) is 0 Å². The SMILES string of the molecule is COc1ccc(-c2nnc3ccc(-c4ccc(=O)[nH]c4)cn23)cc1OC. The van der Waals surface area contributed by atoms with Crippen molar-refractivity contribution in [3.05, 3.63) is 65.2 Å². The lowest BCUT2D eigenvalue weighted by atomic mass is 10.1. The summed E-state index contributed by atoms with van der Waals surface area (Å²) >= 11 is 0. The van der Waals surface area contributed by atoms with Gasteiger partial charge in [-0.2, -0.15) is 0 Å². The van der Waals surface area contributed by atoms with Crippen LogP contribution in [0.3, 0.4) is 0 Å². The van der Waals surface area contributed by atoms with Crippen molar-refractivity contribution < 1.29 is 9.47 Å². The van der Waals surface area contributed by atoms with Crippen LogP contribution >= 0.6 is 0 Å². The van der Waals surface area contributed by atoms with E-state index in [-0.39, 0.29) is 5.56 Å². The molecule has 4 aromatic rings. The van der Waals surface area contributed by atoms with Gasteiger partial charge in [0.05, 0.1) is 14.2 Å². The molecule has 3 heterocycles. The van der Waals surface area contributed by atoms with Gasteiger partial charge < -0.3 is 14.5 Å². The Kier molecular flexibility index (Phi) is 3.89. The van der Waals surface area contributed by atoms with Gasteiger partial charge in [-0.15, -0.1) is 10.2 Å². The largest absolute Gasteiger partial charge is 0.493 e. The first-order chi connectivity index (χ1) is 12.7. The van der Waals surface area contributed by atoms with Gasteiger partial charge >= 0.3 is 0 Å². The quantitative estimate of drug-likeness (QED) is 0.613. The number of rotatable bonds is 4. The number of pyridine rings is 2. The lowest BCUT2D eigenvalue weighted by Crippen LogP contribution is -2.01. The Morgan fingerprint density at radius 3 is 2.38 bits per heavy atom. The zero-order valence-corrected chi connectivity index (χ0v) is 14.3. The van der Waals surface area contributed by atoms with Crippen LogP contribution in [0, 0.1) is 0 Å². The highest BCUT2D eigenvalue weighted by Crippen LogP contribution is 2.32. The second-order valence-electron chi connectivity index (χ2n) is 5.68. The molecule has 7 heteroatoms. The van der Waals surface area contributed by atoms with Crippen LogP contribution in [0.2, 0.25) is 0 Å². The fourth-order valence-corrected chi connectivity index (χ4v) is 2.82. The molecule has 0 aliphatic heterocycles. The van der Waals surface area contributed by atoms with Gasteiger partial charge in [-0.05, 0) is 47.5 Å². The highest BCUT2D eigenvalue weighted by atomic mass is 16.5. The topological polar surface area (TPSA) is 81.5 Å². The van der Waals surface area contributed by atoms with Crippen molar-refractivity contribution in [3.8, 4) is 34.0 Å². The second-order valence-corrected chi connectivity index (χ2v) is 5.68. The van der Waals surface area contributed by atoms with Crippen molar-refractivity contribution >= 4 is 5.65 Å². The molecule has 3 aromatic heterocycles. The van der Waals surface area contributed by atoms with E-state index >= 15 is 0 Å². The number of aromatic nitrogens is 4. The Hall–Kier alpha value is -3.61. The van der Waals surface area contributed by atoms with Crippen LogP contribution in [0.5, 0.6) is 11.5 Å². The number of H-pyrrole nitrogens is 1. The van der Waals surface area contributed by atoms with Gasteiger partial charge in [-0.3, -0.25) is 9.20 Å². The van der Waals surface area contributed by atoms with Crippen LogP contribution < -0.4 is 15.0 Å². The number of hydrogen-bond acceptors (Lipinski definition) is 5. The standard InChI is InChI=1S/C19H16N4O3/c1-25-15-6-3-12(9-16(15)26-2)19-22-21-17-7-4-14(11-23(17)19)13-5-8-18(24)20-10-13/h3-11H,1-2H3,(H,20,24). The van der Waals surface area contributed by atoms with E-state index < -0.39 is 0 Å². The summed E-state index contributed by atoms with van der Waals surface area (Å²) in [6.45, 7) is 0. The van der Waals surface area contributed by atoms with E-state index in [0.717, 1.165) is 22.3 Å². The van der Waals surface area contributed by atoms with Gasteiger partial charge in [-0.1, -0.05) is 0 Å². The van der Waals surface area contributed by atoms with Gasteiger partial charge in [0.2, 0.25) is 5.56 Å². The molecule has 0 radical (unpaired) electrons. The van der Waals surface area contributed by atoms with E-state index in [0.29, 0.717) is 17.3 Å². The summed E-state index contributed by atoms with van der Waals surface area (Å²) in [6.07, 6.45) is 3.62. The molecule has 0 atom stereocenters. The van der Waals surface area contributed by atoms with Crippen molar-refractivity contribution in [1.29, 1.82) is 0 Å². The molecule has 4 rings (SSSR count). The first-order valence-electron chi connectivity index (χ1n) is 7.96. The maximum atomic E-state index is 11.3. The molecule has 26 heavy (non-hydrogen) atoms. The van der Waals surface area contributed by atoms with E-state index in [9.17, 15) is 4.79 Å². The summed E-state index contributed by atoms with van der Waals surface area (Å²) in [4.78, 5) is 14.0.